The van der Waals surface area contributed by atoms with Crippen molar-refractivity contribution < 1.29 is 9.53 Å². The molecule has 4 rings (SSSR count). The maximum atomic E-state index is 12.6. The highest BCUT2D eigenvalue weighted by atomic mass is 35.5. The lowest BCUT2D eigenvalue weighted by atomic mass is 10.1. The third-order valence-corrected chi connectivity index (χ3v) is 6.26. The van der Waals surface area contributed by atoms with Crippen LogP contribution in [0.25, 0.3) is 10.9 Å². The Kier molecular flexibility index (Phi) is 6.54. The second kappa shape index (κ2) is 9.50. The molecule has 1 amide bonds. The van der Waals surface area contributed by atoms with E-state index in [0.717, 1.165) is 22.3 Å². The Morgan fingerprint density at radius 3 is 2.74 bits per heavy atom. The highest BCUT2D eigenvalue weighted by molar-refractivity contribution is 8.00. The normalized spacial score (nSPS) is 10.9. The number of aromatic nitrogens is 1. The molecule has 4 aromatic rings. The molecule has 0 aliphatic heterocycles. The Labute approximate surface area is 191 Å². The molecular formula is C25H23ClN2O2S. The largest absolute Gasteiger partial charge is 0.495 e. The summed E-state index contributed by atoms with van der Waals surface area (Å²) < 4.78 is 7.55. The summed E-state index contributed by atoms with van der Waals surface area (Å²) in [7, 11) is 1.57. The van der Waals surface area contributed by atoms with Gasteiger partial charge in [-0.2, -0.15) is 0 Å². The molecule has 0 atom stereocenters. The molecule has 0 saturated carbocycles. The van der Waals surface area contributed by atoms with E-state index in [1.807, 2.05) is 12.1 Å². The highest BCUT2D eigenvalue weighted by Crippen LogP contribution is 2.32. The van der Waals surface area contributed by atoms with Crippen LogP contribution in [0.3, 0.4) is 0 Å². The second-order valence-electron chi connectivity index (χ2n) is 7.31. The number of benzene rings is 3. The van der Waals surface area contributed by atoms with Gasteiger partial charge in [0.15, 0.2) is 0 Å². The number of thioether (sulfide) groups is 1. The third kappa shape index (κ3) is 5.06. The number of carbonyl (C=O) groups is 1. The van der Waals surface area contributed by atoms with Crippen molar-refractivity contribution in [3.63, 3.8) is 0 Å². The van der Waals surface area contributed by atoms with Gasteiger partial charge in [-0.3, -0.25) is 4.79 Å². The lowest BCUT2D eigenvalue weighted by Crippen LogP contribution is -2.14. The van der Waals surface area contributed by atoms with Gasteiger partial charge >= 0.3 is 0 Å². The molecule has 0 aliphatic rings. The summed E-state index contributed by atoms with van der Waals surface area (Å²) in [6.45, 7) is 2.89. The summed E-state index contributed by atoms with van der Waals surface area (Å²) in [6, 6.07) is 22.0. The average Bonchev–Trinajstić information content (AvgIpc) is 3.10. The van der Waals surface area contributed by atoms with E-state index >= 15 is 0 Å². The smallest absolute Gasteiger partial charge is 0.234 e. The molecule has 0 aliphatic carbocycles. The van der Waals surface area contributed by atoms with Crippen LogP contribution < -0.4 is 10.1 Å². The zero-order valence-corrected chi connectivity index (χ0v) is 19.0. The number of ether oxygens (including phenoxy) is 1. The lowest BCUT2D eigenvalue weighted by molar-refractivity contribution is -0.113. The average molecular weight is 451 g/mol. The second-order valence-corrected chi connectivity index (χ2v) is 8.76. The van der Waals surface area contributed by atoms with Crippen LogP contribution in [0.2, 0.25) is 5.02 Å². The number of anilines is 1. The van der Waals surface area contributed by atoms with E-state index in [-0.39, 0.29) is 11.7 Å². The minimum Gasteiger partial charge on any atom is -0.495 e. The Morgan fingerprint density at radius 1 is 1.10 bits per heavy atom. The minimum absolute atomic E-state index is 0.110. The van der Waals surface area contributed by atoms with Crippen LogP contribution in [0.5, 0.6) is 5.75 Å². The van der Waals surface area contributed by atoms with E-state index in [1.54, 1.807) is 25.3 Å². The number of hydrogen-bond donors (Lipinski definition) is 1. The predicted molar refractivity (Wildman–Crippen MR) is 130 cm³/mol. The number of para-hydroxylation sites is 1. The van der Waals surface area contributed by atoms with Gasteiger partial charge in [0, 0.05) is 33.6 Å². The van der Waals surface area contributed by atoms with Gasteiger partial charge in [-0.25, -0.2) is 0 Å². The summed E-state index contributed by atoms with van der Waals surface area (Å²) in [6.07, 6.45) is 2.13. The van der Waals surface area contributed by atoms with E-state index in [1.165, 1.54) is 22.9 Å². The highest BCUT2D eigenvalue weighted by Gasteiger charge is 2.13. The third-order valence-electron chi connectivity index (χ3n) is 4.98. The maximum Gasteiger partial charge on any atom is 0.234 e. The standard InChI is InChI=1S/C25H23ClN2O2S/c1-17-6-5-7-18(12-17)14-28-15-24(20-8-3-4-9-22(20)28)31-16-25(29)27-21-13-19(26)10-11-23(21)30-2/h3-13,15H,14,16H2,1-2H3,(H,27,29). The number of nitrogens with zero attached hydrogens (tertiary/aromatic N) is 1. The minimum atomic E-state index is -0.110. The van der Waals surface area contributed by atoms with Gasteiger partial charge in [0.25, 0.3) is 0 Å². The Hall–Kier alpha value is -2.89. The fraction of sp³-hybridized carbons (Fsp3) is 0.160. The monoisotopic (exact) mass is 450 g/mol. The van der Waals surface area contributed by atoms with Crippen LogP contribution in [0.15, 0.2) is 77.8 Å². The zero-order chi connectivity index (χ0) is 21.8. The van der Waals surface area contributed by atoms with E-state index in [4.69, 9.17) is 16.3 Å². The first kappa shape index (κ1) is 21.3. The molecule has 31 heavy (non-hydrogen) atoms. The van der Waals surface area contributed by atoms with Gasteiger partial charge in [0.05, 0.1) is 18.6 Å². The molecule has 158 valence electrons. The maximum absolute atomic E-state index is 12.6. The number of halogens is 1. The quantitative estimate of drug-likeness (QED) is 0.332. The lowest BCUT2D eigenvalue weighted by Gasteiger charge is -2.10. The zero-order valence-electron chi connectivity index (χ0n) is 17.4. The van der Waals surface area contributed by atoms with Gasteiger partial charge in [-0.15, -0.1) is 11.8 Å². The fourth-order valence-electron chi connectivity index (χ4n) is 3.57. The molecular weight excluding hydrogens is 428 g/mol. The van der Waals surface area contributed by atoms with E-state index in [0.29, 0.717) is 16.5 Å². The van der Waals surface area contributed by atoms with E-state index < -0.39 is 0 Å². The number of nitrogens with one attached hydrogen (secondary N) is 1. The van der Waals surface area contributed by atoms with Crippen LogP contribution in [0.1, 0.15) is 11.1 Å². The van der Waals surface area contributed by atoms with Crippen molar-refractivity contribution in [3.05, 3.63) is 89.1 Å². The van der Waals surface area contributed by atoms with Crippen molar-refractivity contribution >= 4 is 45.9 Å². The van der Waals surface area contributed by atoms with Crippen LogP contribution >= 0.6 is 23.4 Å². The summed E-state index contributed by atoms with van der Waals surface area (Å²) >= 11 is 7.58. The van der Waals surface area contributed by atoms with Gasteiger partial charge in [0.1, 0.15) is 5.75 Å². The summed E-state index contributed by atoms with van der Waals surface area (Å²) in [4.78, 5) is 13.7. The molecule has 0 unspecified atom stereocenters. The molecule has 4 nitrogen and oxygen atoms in total. The van der Waals surface area contributed by atoms with E-state index in [9.17, 15) is 4.79 Å². The molecule has 6 heteroatoms. The topological polar surface area (TPSA) is 43.3 Å². The van der Waals surface area contributed by atoms with Gasteiger partial charge in [0.2, 0.25) is 5.91 Å². The Morgan fingerprint density at radius 2 is 1.94 bits per heavy atom. The molecule has 1 N–H and O–H groups in total. The summed E-state index contributed by atoms with van der Waals surface area (Å²) in [5.74, 6) is 0.757. The van der Waals surface area contributed by atoms with Crippen molar-refractivity contribution in [2.75, 3.05) is 18.2 Å². The van der Waals surface area contributed by atoms with Crippen LogP contribution in [0.4, 0.5) is 5.69 Å². The fourth-order valence-corrected chi connectivity index (χ4v) is 4.63. The number of fused-ring (bicyclic) bond motifs is 1. The van der Waals surface area contributed by atoms with Crippen LogP contribution in [-0.4, -0.2) is 23.3 Å². The first-order valence-corrected chi connectivity index (χ1v) is 11.3. The molecule has 0 saturated heterocycles. The molecule has 0 fully saturated rings. The Bertz CT molecular complexity index is 1240. The predicted octanol–water partition coefficient (Wildman–Crippen LogP) is 6.39. The number of methoxy groups -OCH3 is 1. The SMILES string of the molecule is COc1ccc(Cl)cc1NC(=O)CSc1cn(Cc2cccc(C)c2)c2ccccc12. The number of amides is 1. The molecule has 1 aromatic heterocycles. The van der Waals surface area contributed by atoms with Gasteiger partial charge in [-0.05, 0) is 36.8 Å². The first-order chi connectivity index (χ1) is 15.0. The van der Waals surface area contributed by atoms with Gasteiger partial charge in [-0.1, -0.05) is 59.6 Å². The van der Waals surface area contributed by atoms with Crippen molar-refractivity contribution in [1.82, 2.24) is 4.57 Å². The number of hydrogen-bond acceptors (Lipinski definition) is 3. The van der Waals surface area contributed by atoms with Crippen molar-refractivity contribution in [1.29, 1.82) is 0 Å². The molecule has 0 spiro atoms. The van der Waals surface area contributed by atoms with Gasteiger partial charge < -0.3 is 14.6 Å². The van der Waals surface area contributed by atoms with Crippen molar-refractivity contribution in [3.8, 4) is 5.75 Å². The Balaban J connectivity index is 1.51. The number of carbonyl (C=O) groups excluding carboxylic acids is 1. The molecule has 0 radical (unpaired) electrons. The summed E-state index contributed by atoms with van der Waals surface area (Å²) in [5.41, 5.74) is 4.23. The molecule has 1 heterocycles. The van der Waals surface area contributed by atoms with Crippen LogP contribution in [-0.2, 0) is 11.3 Å². The van der Waals surface area contributed by atoms with Crippen molar-refractivity contribution in [2.45, 2.75) is 18.4 Å². The molecule has 3 aromatic carbocycles. The van der Waals surface area contributed by atoms with E-state index in [2.05, 4.69) is 59.4 Å². The number of rotatable bonds is 7. The number of aryl methyl sites for hydroxylation is 1. The van der Waals surface area contributed by atoms with Crippen LogP contribution in [0, 0.1) is 6.92 Å². The summed E-state index contributed by atoms with van der Waals surface area (Å²) in [5, 5.41) is 4.59. The first-order valence-electron chi connectivity index (χ1n) is 9.93. The molecule has 0 bridgehead atoms. The van der Waals surface area contributed by atoms with Crippen molar-refractivity contribution in [2.24, 2.45) is 0 Å².